The number of anilines is 2. The first-order valence-corrected chi connectivity index (χ1v) is 12.0. The Kier molecular flexibility index (Phi) is 8.60. The van der Waals surface area contributed by atoms with Gasteiger partial charge < -0.3 is 20.4 Å². The predicted molar refractivity (Wildman–Crippen MR) is 141 cm³/mol. The standard InChI is InChI=1S/C26H28N4O3.C2H6/c1-17(27-3)25(32)28-22-16-29(18(2)31)23-13-6-7-14-24(23)30(26(22)33)15-20-11-8-10-19-9-4-5-12-21(19)20;1-2/h4-14,17,22,27H,15-16H2,1-3H3,(H,28,32);1-2H3/t17-,22?;/m0./s1. The third-order valence-corrected chi connectivity index (χ3v) is 6.12. The second kappa shape index (κ2) is 11.6. The summed E-state index contributed by atoms with van der Waals surface area (Å²) in [6, 6.07) is 20.1. The van der Waals surface area contributed by atoms with Crippen LogP contribution < -0.4 is 20.4 Å². The Labute approximate surface area is 207 Å². The highest BCUT2D eigenvalue weighted by molar-refractivity contribution is 6.08. The van der Waals surface area contributed by atoms with Gasteiger partial charge in [-0.2, -0.15) is 0 Å². The number of hydrogen-bond acceptors (Lipinski definition) is 4. The molecular weight excluding hydrogens is 440 g/mol. The van der Waals surface area contributed by atoms with Gasteiger partial charge in [0.25, 0.3) is 5.91 Å². The molecule has 1 aliphatic heterocycles. The first kappa shape index (κ1) is 25.9. The molecular formula is C28H34N4O3. The molecule has 35 heavy (non-hydrogen) atoms. The van der Waals surface area contributed by atoms with Crippen LogP contribution in [-0.4, -0.2) is 43.4 Å². The first-order chi connectivity index (χ1) is 16.9. The number of fused-ring (bicyclic) bond motifs is 2. The fourth-order valence-corrected chi connectivity index (χ4v) is 4.18. The van der Waals surface area contributed by atoms with Crippen molar-refractivity contribution < 1.29 is 14.4 Å². The maximum atomic E-state index is 13.8. The summed E-state index contributed by atoms with van der Waals surface area (Å²) in [6.45, 7) is 7.58. The zero-order chi connectivity index (χ0) is 25.5. The summed E-state index contributed by atoms with van der Waals surface area (Å²) < 4.78 is 0. The van der Waals surface area contributed by atoms with Crippen molar-refractivity contribution in [3.63, 3.8) is 0 Å². The van der Waals surface area contributed by atoms with E-state index < -0.39 is 12.1 Å². The number of hydrogen-bond donors (Lipinski definition) is 2. The van der Waals surface area contributed by atoms with Crippen LogP contribution in [0.25, 0.3) is 10.8 Å². The molecule has 0 radical (unpaired) electrons. The Morgan fingerprint density at radius 1 is 0.971 bits per heavy atom. The van der Waals surface area contributed by atoms with E-state index in [1.165, 1.54) is 6.92 Å². The molecule has 3 aromatic carbocycles. The monoisotopic (exact) mass is 474 g/mol. The minimum Gasteiger partial charge on any atom is -0.341 e. The Balaban J connectivity index is 0.00000167. The van der Waals surface area contributed by atoms with Crippen LogP contribution in [0, 0.1) is 0 Å². The molecule has 1 heterocycles. The minimum atomic E-state index is -0.875. The summed E-state index contributed by atoms with van der Waals surface area (Å²) in [5.41, 5.74) is 2.28. The van der Waals surface area contributed by atoms with Crippen LogP contribution in [-0.2, 0) is 20.9 Å². The van der Waals surface area contributed by atoms with E-state index in [4.69, 9.17) is 0 Å². The molecule has 0 fully saturated rings. The lowest BCUT2D eigenvalue weighted by molar-refractivity contribution is -0.128. The number of rotatable bonds is 5. The van der Waals surface area contributed by atoms with E-state index in [2.05, 4.69) is 10.6 Å². The Morgan fingerprint density at radius 3 is 2.29 bits per heavy atom. The minimum absolute atomic E-state index is 0.0688. The molecule has 184 valence electrons. The van der Waals surface area contributed by atoms with Gasteiger partial charge in [0.1, 0.15) is 6.04 Å². The molecule has 0 saturated carbocycles. The van der Waals surface area contributed by atoms with Gasteiger partial charge in [-0.3, -0.25) is 14.4 Å². The number of likely N-dealkylation sites (N-methyl/N-ethyl adjacent to an activating group) is 1. The molecule has 2 atom stereocenters. The van der Waals surface area contributed by atoms with Crippen LogP contribution >= 0.6 is 0 Å². The molecule has 1 aliphatic rings. The molecule has 3 amide bonds. The average Bonchev–Trinajstić information content (AvgIpc) is 3.00. The topological polar surface area (TPSA) is 81.8 Å². The summed E-state index contributed by atoms with van der Waals surface area (Å²) in [6.07, 6.45) is 0. The molecule has 0 aliphatic carbocycles. The van der Waals surface area contributed by atoms with Crippen LogP contribution in [0.15, 0.2) is 66.7 Å². The van der Waals surface area contributed by atoms with Gasteiger partial charge in [0.05, 0.1) is 30.5 Å². The largest absolute Gasteiger partial charge is 0.341 e. The zero-order valence-electron chi connectivity index (χ0n) is 21.0. The van der Waals surface area contributed by atoms with E-state index in [0.29, 0.717) is 17.9 Å². The van der Waals surface area contributed by atoms with Gasteiger partial charge in [-0.05, 0) is 42.4 Å². The fraction of sp³-hybridized carbons (Fsp3) is 0.321. The lowest BCUT2D eigenvalue weighted by Crippen LogP contribution is -2.55. The Hall–Kier alpha value is -3.71. The molecule has 0 bridgehead atoms. The average molecular weight is 475 g/mol. The molecule has 3 aromatic rings. The summed E-state index contributed by atoms with van der Waals surface area (Å²) in [5, 5.41) is 7.88. The molecule has 7 nitrogen and oxygen atoms in total. The third kappa shape index (κ3) is 5.52. The Morgan fingerprint density at radius 2 is 1.60 bits per heavy atom. The number of carbonyl (C=O) groups excluding carboxylic acids is 3. The predicted octanol–water partition coefficient (Wildman–Crippen LogP) is 3.86. The van der Waals surface area contributed by atoms with Gasteiger partial charge in [-0.1, -0.05) is 68.4 Å². The van der Waals surface area contributed by atoms with E-state index in [1.807, 2.05) is 80.6 Å². The van der Waals surface area contributed by atoms with Crippen LogP contribution in [0.2, 0.25) is 0 Å². The van der Waals surface area contributed by atoms with Crippen molar-refractivity contribution in [2.45, 2.75) is 46.3 Å². The maximum Gasteiger partial charge on any atom is 0.251 e. The number of benzene rings is 3. The highest BCUT2D eigenvalue weighted by atomic mass is 16.2. The van der Waals surface area contributed by atoms with Crippen molar-refractivity contribution in [3.05, 3.63) is 72.3 Å². The molecule has 7 heteroatoms. The zero-order valence-corrected chi connectivity index (χ0v) is 21.0. The van der Waals surface area contributed by atoms with Crippen molar-refractivity contribution in [2.75, 3.05) is 23.4 Å². The van der Waals surface area contributed by atoms with Gasteiger partial charge in [0.15, 0.2) is 0 Å². The summed E-state index contributed by atoms with van der Waals surface area (Å²) in [4.78, 5) is 42.2. The first-order valence-electron chi connectivity index (χ1n) is 12.0. The summed E-state index contributed by atoms with van der Waals surface area (Å²) in [5.74, 6) is -0.741. The van der Waals surface area contributed by atoms with Gasteiger partial charge in [-0.15, -0.1) is 0 Å². The van der Waals surface area contributed by atoms with Crippen molar-refractivity contribution in [1.29, 1.82) is 0 Å². The van der Waals surface area contributed by atoms with Gasteiger partial charge in [-0.25, -0.2) is 0 Å². The molecule has 1 unspecified atom stereocenters. The number of nitrogens with zero attached hydrogens (tertiary/aromatic N) is 2. The fourth-order valence-electron chi connectivity index (χ4n) is 4.18. The third-order valence-electron chi connectivity index (χ3n) is 6.12. The second-order valence-electron chi connectivity index (χ2n) is 8.25. The molecule has 4 rings (SSSR count). The van der Waals surface area contributed by atoms with Crippen molar-refractivity contribution in [1.82, 2.24) is 10.6 Å². The van der Waals surface area contributed by atoms with Crippen LogP contribution in [0.1, 0.15) is 33.3 Å². The lowest BCUT2D eigenvalue weighted by atomic mass is 10.0. The smallest absolute Gasteiger partial charge is 0.251 e. The number of para-hydroxylation sites is 2. The van der Waals surface area contributed by atoms with Crippen molar-refractivity contribution in [2.24, 2.45) is 0 Å². The second-order valence-corrected chi connectivity index (χ2v) is 8.25. The summed E-state index contributed by atoms with van der Waals surface area (Å²) in [7, 11) is 1.68. The van der Waals surface area contributed by atoms with Gasteiger partial charge in [0.2, 0.25) is 11.8 Å². The van der Waals surface area contributed by atoms with Crippen LogP contribution in [0.3, 0.4) is 0 Å². The molecule has 2 N–H and O–H groups in total. The number of carbonyl (C=O) groups is 3. The van der Waals surface area contributed by atoms with Crippen LogP contribution in [0.4, 0.5) is 11.4 Å². The van der Waals surface area contributed by atoms with E-state index in [-0.39, 0.29) is 24.3 Å². The van der Waals surface area contributed by atoms with E-state index in [9.17, 15) is 14.4 Å². The van der Waals surface area contributed by atoms with E-state index in [0.717, 1.165) is 16.3 Å². The number of nitrogens with one attached hydrogen (secondary N) is 2. The normalized spacial score (nSPS) is 16.0. The van der Waals surface area contributed by atoms with Crippen LogP contribution in [0.5, 0.6) is 0 Å². The van der Waals surface area contributed by atoms with Crippen molar-refractivity contribution in [3.8, 4) is 0 Å². The summed E-state index contributed by atoms with van der Waals surface area (Å²) >= 11 is 0. The highest BCUT2D eigenvalue weighted by Gasteiger charge is 2.36. The molecule has 0 saturated heterocycles. The van der Waals surface area contributed by atoms with Gasteiger partial charge >= 0.3 is 0 Å². The van der Waals surface area contributed by atoms with Gasteiger partial charge in [0, 0.05) is 6.92 Å². The molecule has 0 spiro atoms. The quantitative estimate of drug-likeness (QED) is 0.588. The maximum absolute atomic E-state index is 13.8. The molecule has 0 aromatic heterocycles. The lowest BCUT2D eigenvalue weighted by Gasteiger charge is -2.26. The van der Waals surface area contributed by atoms with Crippen molar-refractivity contribution >= 4 is 39.9 Å². The van der Waals surface area contributed by atoms with E-state index >= 15 is 0 Å². The number of amides is 3. The highest BCUT2D eigenvalue weighted by Crippen LogP contribution is 2.34. The van der Waals surface area contributed by atoms with E-state index in [1.54, 1.807) is 23.8 Å². The Bertz CT molecular complexity index is 1200. The SMILES string of the molecule is CC.CN[C@@H](C)C(=O)NC1CN(C(C)=O)c2ccccc2N(Cc2cccc3ccccc23)C1=O.